The number of hydrogen-bond donors (Lipinski definition) is 0. The highest BCUT2D eigenvalue weighted by molar-refractivity contribution is 6.32. The average molecular weight is 593 g/mol. The predicted molar refractivity (Wildman–Crippen MR) is 144 cm³/mol. The van der Waals surface area contributed by atoms with Crippen LogP contribution in [0.4, 0.5) is 10.1 Å². The number of anilines is 1. The van der Waals surface area contributed by atoms with Gasteiger partial charge in [-0.15, -0.1) is 0 Å². The van der Waals surface area contributed by atoms with Crippen LogP contribution in [0.1, 0.15) is 41.6 Å². The zero-order valence-corrected chi connectivity index (χ0v) is 23.6. The van der Waals surface area contributed by atoms with Gasteiger partial charge in [0.25, 0.3) is 5.91 Å². The monoisotopic (exact) mass is 592 g/mol. The quantitative estimate of drug-likeness (QED) is 0.204. The maximum absolute atomic E-state index is 15.5. The summed E-state index contributed by atoms with van der Waals surface area (Å²) in [5.74, 6) is -3.61. The van der Waals surface area contributed by atoms with Crippen molar-refractivity contribution >= 4 is 41.1 Å². The highest BCUT2D eigenvalue weighted by atomic mass is 35.5. The van der Waals surface area contributed by atoms with Gasteiger partial charge in [0.1, 0.15) is 18.2 Å². The summed E-state index contributed by atoms with van der Waals surface area (Å²) in [6.45, 7) is -0.574. The van der Waals surface area contributed by atoms with Crippen LogP contribution in [0.5, 0.6) is 5.75 Å². The maximum Gasteiger partial charge on any atom is 0.343 e. The molecule has 1 aliphatic rings. The highest BCUT2D eigenvalue weighted by Gasteiger charge is 2.31. The van der Waals surface area contributed by atoms with Crippen LogP contribution in [-0.4, -0.2) is 69.9 Å². The van der Waals surface area contributed by atoms with Gasteiger partial charge in [0.05, 0.1) is 43.6 Å². The molecule has 0 N–H and O–H groups in total. The van der Waals surface area contributed by atoms with Gasteiger partial charge in [0.15, 0.2) is 6.61 Å². The molecule has 41 heavy (non-hydrogen) atoms. The van der Waals surface area contributed by atoms with Crippen molar-refractivity contribution in [1.82, 2.24) is 4.98 Å². The van der Waals surface area contributed by atoms with Gasteiger partial charge in [-0.2, -0.15) is 0 Å². The van der Waals surface area contributed by atoms with Crippen molar-refractivity contribution in [3.05, 3.63) is 63.7 Å². The number of rotatable bonds is 12. The molecule has 0 spiro atoms. The number of carbonyl (C=O) groups excluding carboxylic acids is 4. The summed E-state index contributed by atoms with van der Waals surface area (Å²) in [5.41, 5.74) is 0.610. The standard InChI is InChI=1S/C28H30ClFN2O9/c1-37-8-9-40-28(36)20-7-5-4-6-19(20)26(34)32(15-17-10-18(14-31-13-17)27(35)39-3)23-12-24(21(29)11-22(23)30)41-16-25(33)38-2/h10-14H,4-9,15-16H2,1-3H3. The molecular formula is C28H30ClFN2O9. The molecule has 0 saturated carbocycles. The molecule has 0 radical (unpaired) electrons. The summed E-state index contributed by atoms with van der Waals surface area (Å²) in [6.07, 6.45) is 4.55. The Labute approximate surface area is 241 Å². The molecule has 0 fully saturated rings. The zero-order chi connectivity index (χ0) is 29.9. The Morgan fingerprint density at radius 3 is 2.37 bits per heavy atom. The lowest BCUT2D eigenvalue weighted by atomic mass is 9.90. The van der Waals surface area contributed by atoms with Crippen LogP contribution in [0, 0.1) is 5.82 Å². The number of halogens is 2. The van der Waals surface area contributed by atoms with Crippen molar-refractivity contribution in [2.24, 2.45) is 0 Å². The number of amides is 1. The Balaban J connectivity index is 2.09. The topological polar surface area (TPSA) is 131 Å². The van der Waals surface area contributed by atoms with Crippen molar-refractivity contribution < 1.29 is 47.3 Å². The molecule has 1 heterocycles. The van der Waals surface area contributed by atoms with E-state index >= 15 is 4.39 Å². The Morgan fingerprint density at radius 2 is 1.68 bits per heavy atom. The highest BCUT2D eigenvalue weighted by Crippen LogP contribution is 2.36. The second-order valence-electron chi connectivity index (χ2n) is 8.86. The fourth-order valence-electron chi connectivity index (χ4n) is 4.12. The molecule has 2 aromatic rings. The van der Waals surface area contributed by atoms with Gasteiger partial charge < -0.3 is 28.6 Å². The average Bonchev–Trinajstić information content (AvgIpc) is 2.99. The Bertz CT molecular complexity index is 1330. The summed E-state index contributed by atoms with van der Waals surface area (Å²) in [7, 11) is 3.86. The number of hydrogen-bond acceptors (Lipinski definition) is 10. The van der Waals surface area contributed by atoms with Gasteiger partial charge in [-0.25, -0.2) is 18.8 Å². The number of aromatic nitrogens is 1. The van der Waals surface area contributed by atoms with Gasteiger partial charge in [-0.05, 0) is 43.4 Å². The largest absolute Gasteiger partial charge is 0.480 e. The first kappa shape index (κ1) is 31.5. The van der Waals surface area contributed by atoms with Crippen molar-refractivity contribution in [3.8, 4) is 5.75 Å². The molecule has 1 aromatic heterocycles. The Morgan fingerprint density at radius 1 is 0.951 bits per heavy atom. The molecule has 0 bridgehead atoms. The first-order chi connectivity index (χ1) is 19.7. The van der Waals surface area contributed by atoms with Crippen LogP contribution in [0.2, 0.25) is 5.02 Å². The summed E-state index contributed by atoms with van der Waals surface area (Å²) in [5, 5.41) is -0.142. The summed E-state index contributed by atoms with van der Waals surface area (Å²) in [6, 6.07) is 3.58. The number of benzene rings is 1. The molecule has 11 nitrogen and oxygen atoms in total. The molecule has 1 amide bonds. The van der Waals surface area contributed by atoms with E-state index in [1.807, 2.05) is 0 Å². The SMILES string of the molecule is COCCOC(=O)C1=C(C(=O)N(Cc2cncc(C(=O)OC)c2)c2cc(OCC(=O)OC)c(Cl)cc2F)CCCC1. The molecule has 0 unspecified atom stereocenters. The van der Waals surface area contributed by atoms with Gasteiger partial charge >= 0.3 is 17.9 Å². The first-order valence-corrected chi connectivity index (χ1v) is 13.0. The van der Waals surface area contributed by atoms with E-state index in [9.17, 15) is 19.2 Å². The second-order valence-corrected chi connectivity index (χ2v) is 9.26. The van der Waals surface area contributed by atoms with Gasteiger partial charge in [0, 0.05) is 36.7 Å². The van der Waals surface area contributed by atoms with Crippen LogP contribution >= 0.6 is 11.6 Å². The predicted octanol–water partition coefficient (Wildman–Crippen LogP) is 3.81. The van der Waals surface area contributed by atoms with Crippen LogP contribution in [0.3, 0.4) is 0 Å². The molecule has 0 atom stereocenters. The lowest BCUT2D eigenvalue weighted by Gasteiger charge is -2.28. The lowest BCUT2D eigenvalue weighted by Crippen LogP contribution is -2.35. The Hall–Kier alpha value is -4.03. The fourth-order valence-corrected chi connectivity index (χ4v) is 4.32. The number of methoxy groups -OCH3 is 3. The number of esters is 3. The van der Waals surface area contributed by atoms with E-state index in [2.05, 4.69) is 9.72 Å². The van der Waals surface area contributed by atoms with E-state index in [-0.39, 0.29) is 59.3 Å². The van der Waals surface area contributed by atoms with E-state index in [1.165, 1.54) is 45.9 Å². The van der Waals surface area contributed by atoms with E-state index in [4.69, 9.17) is 30.5 Å². The van der Waals surface area contributed by atoms with Crippen molar-refractivity contribution in [3.63, 3.8) is 0 Å². The van der Waals surface area contributed by atoms with Crippen LogP contribution in [0.25, 0.3) is 0 Å². The van der Waals surface area contributed by atoms with E-state index in [0.717, 1.165) is 11.0 Å². The normalized spacial score (nSPS) is 12.9. The molecule has 1 aliphatic carbocycles. The fraction of sp³-hybridized carbons (Fsp3) is 0.393. The number of pyridine rings is 1. The third-order valence-electron chi connectivity index (χ3n) is 6.16. The summed E-state index contributed by atoms with van der Waals surface area (Å²) < 4.78 is 40.4. The summed E-state index contributed by atoms with van der Waals surface area (Å²) >= 11 is 6.16. The van der Waals surface area contributed by atoms with Gasteiger partial charge in [0.2, 0.25) is 0 Å². The van der Waals surface area contributed by atoms with Gasteiger partial charge in [-0.1, -0.05) is 11.6 Å². The van der Waals surface area contributed by atoms with Crippen LogP contribution < -0.4 is 9.64 Å². The molecule has 1 aromatic carbocycles. The summed E-state index contributed by atoms with van der Waals surface area (Å²) in [4.78, 5) is 55.8. The molecule has 220 valence electrons. The van der Waals surface area contributed by atoms with Crippen LogP contribution in [0.15, 0.2) is 41.7 Å². The molecule has 3 rings (SSSR count). The third-order valence-corrected chi connectivity index (χ3v) is 6.46. The number of carbonyl (C=O) groups is 4. The lowest BCUT2D eigenvalue weighted by molar-refractivity contribution is -0.143. The van der Waals surface area contributed by atoms with E-state index in [1.54, 1.807) is 0 Å². The first-order valence-electron chi connectivity index (χ1n) is 12.6. The number of nitrogens with zero attached hydrogens (tertiary/aromatic N) is 2. The minimum Gasteiger partial charge on any atom is -0.480 e. The minimum atomic E-state index is -0.869. The maximum atomic E-state index is 15.5. The molecule has 13 heteroatoms. The minimum absolute atomic E-state index is 0.00269. The molecule has 0 saturated heterocycles. The molecular weight excluding hydrogens is 563 g/mol. The second kappa shape index (κ2) is 15.1. The Kier molecular flexibility index (Phi) is 11.6. The van der Waals surface area contributed by atoms with Crippen LogP contribution in [-0.2, 0) is 39.9 Å². The van der Waals surface area contributed by atoms with Crippen molar-refractivity contribution in [2.75, 3.05) is 46.0 Å². The van der Waals surface area contributed by atoms with Crippen molar-refractivity contribution in [1.29, 1.82) is 0 Å². The number of ether oxygens (including phenoxy) is 5. The van der Waals surface area contributed by atoms with Gasteiger partial charge in [-0.3, -0.25) is 9.78 Å². The zero-order valence-electron chi connectivity index (χ0n) is 22.9. The smallest absolute Gasteiger partial charge is 0.343 e. The van der Waals surface area contributed by atoms with E-state index < -0.39 is 36.2 Å². The molecule has 0 aliphatic heterocycles. The third kappa shape index (κ3) is 8.24. The van der Waals surface area contributed by atoms with E-state index in [0.29, 0.717) is 24.8 Å². The van der Waals surface area contributed by atoms with Crippen molar-refractivity contribution in [2.45, 2.75) is 32.2 Å².